The molecule has 0 amide bonds. The lowest BCUT2D eigenvalue weighted by atomic mass is 10.0. The van der Waals surface area contributed by atoms with E-state index in [1.165, 1.54) is 0 Å². The Morgan fingerprint density at radius 3 is 2.60 bits per heavy atom. The molecule has 1 N–H and O–H groups in total. The van der Waals surface area contributed by atoms with Crippen LogP contribution in [0.15, 0.2) is 30.3 Å². The van der Waals surface area contributed by atoms with Crippen LogP contribution in [0.4, 0.5) is 0 Å². The average molecular weight is 277 g/mol. The first-order valence-corrected chi connectivity index (χ1v) is 7.44. The van der Waals surface area contributed by atoms with Crippen molar-refractivity contribution in [1.82, 2.24) is 4.90 Å². The van der Waals surface area contributed by atoms with Gasteiger partial charge in [0.05, 0.1) is 18.8 Å². The minimum atomic E-state index is -0.422. The molecule has 2 fully saturated rings. The molecule has 2 aliphatic rings. The monoisotopic (exact) mass is 277 g/mol. The molecule has 2 saturated heterocycles. The Morgan fingerprint density at radius 1 is 1.30 bits per heavy atom. The summed E-state index contributed by atoms with van der Waals surface area (Å²) < 4.78 is 11.7. The summed E-state index contributed by atoms with van der Waals surface area (Å²) in [5.41, 5.74) is 0.981. The Morgan fingerprint density at radius 2 is 2.00 bits per heavy atom. The molecular weight excluding hydrogens is 254 g/mol. The van der Waals surface area contributed by atoms with E-state index in [-0.39, 0.29) is 11.9 Å². The molecule has 0 radical (unpaired) electrons. The molecule has 0 aliphatic carbocycles. The number of piperidine rings is 1. The molecule has 20 heavy (non-hydrogen) atoms. The number of benzene rings is 1. The third-order valence-electron chi connectivity index (χ3n) is 4.23. The van der Waals surface area contributed by atoms with E-state index in [1.807, 2.05) is 30.3 Å². The van der Waals surface area contributed by atoms with Gasteiger partial charge in [0.2, 0.25) is 0 Å². The van der Waals surface area contributed by atoms with E-state index in [4.69, 9.17) is 9.47 Å². The topological polar surface area (TPSA) is 41.9 Å². The predicted octanol–water partition coefficient (Wildman–Crippen LogP) is 1.95. The van der Waals surface area contributed by atoms with E-state index in [1.54, 1.807) is 0 Å². The van der Waals surface area contributed by atoms with Crippen LogP contribution < -0.4 is 0 Å². The highest BCUT2D eigenvalue weighted by Crippen LogP contribution is 2.34. The molecule has 0 saturated carbocycles. The first kappa shape index (κ1) is 14.0. The zero-order valence-corrected chi connectivity index (χ0v) is 12.0. The molecule has 3 rings (SSSR count). The minimum Gasteiger partial charge on any atom is -0.387 e. The second-order valence-corrected chi connectivity index (χ2v) is 5.88. The quantitative estimate of drug-likeness (QED) is 0.917. The Labute approximate surface area is 120 Å². The van der Waals surface area contributed by atoms with Gasteiger partial charge in [0.1, 0.15) is 0 Å². The summed E-state index contributed by atoms with van der Waals surface area (Å²) in [5, 5.41) is 10.3. The molecule has 1 aromatic carbocycles. The average Bonchev–Trinajstić information content (AvgIpc) is 2.84. The van der Waals surface area contributed by atoms with E-state index in [2.05, 4.69) is 11.8 Å². The standard InChI is InChI=1S/C16H23NO3/c1-13-12-19-16(20-13)7-9-17(10-8-16)11-15(18)14-5-3-2-4-6-14/h2-6,13,15,18H,7-12H2,1H3. The van der Waals surface area contributed by atoms with E-state index in [9.17, 15) is 5.11 Å². The maximum absolute atomic E-state index is 10.3. The molecule has 2 atom stereocenters. The lowest BCUT2D eigenvalue weighted by molar-refractivity contribution is -0.194. The van der Waals surface area contributed by atoms with Gasteiger partial charge in [-0.2, -0.15) is 0 Å². The van der Waals surface area contributed by atoms with Crippen molar-refractivity contribution in [3.63, 3.8) is 0 Å². The first-order valence-electron chi connectivity index (χ1n) is 7.44. The van der Waals surface area contributed by atoms with E-state index < -0.39 is 6.10 Å². The molecular formula is C16H23NO3. The van der Waals surface area contributed by atoms with Crippen molar-refractivity contribution in [1.29, 1.82) is 0 Å². The number of hydrogen-bond acceptors (Lipinski definition) is 4. The van der Waals surface area contributed by atoms with Crippen LogP contribution in [0.25, 0.3) is 0 Å². The predicted molar refractivity (Wildman–Crippen MR) is 76.3 cm³/mol. The molecule has 2 unspecified atom stereocenters. The highest BCUT2D eigenvalue weighted by molar-refractivity contribution is 5.17. The van der Waals surface area contributed by atoms with Crippen molar-refractivity contribution in [3.05, 3.63) is 35.9 Å². The molecule has 1 aromatic rings. The molecule has 4 nitrogen and oxygen atoms in total. The van der Waals surface area contributed by atoms with E-state index in [0.717, 1.165) is 31.5 Å². The van der Waals surface area contributed by atoms with Crippen LogP contribution >= 0.6 is 0 Å². The van der Waals surface area contributed by atoms with E-state index >= 15 is 0 Å². The Balaban J connectivity index is 1.52. The largest absolute Gasteiger partial charge is 0.387 e. The SMILES string of the molecule is CC1COC2(CCN(CC(O)c3ccccc3)CC2)O1. The van der Waals surface area contributed by atoms with E-state index in [0.29, 0.717) is 13.2 Å². The number of rotatable bonds is 3. The molecule has 2 aliphatic heterocycles. The maximum atomic E-state index is 10.3. The molecule has 1 spiro atoms. The van der Waals surface area contributed by atoms with Gasteiger partial charge in [-0.15, -0.1) is 0 Å². The van der Waals surface area contributed by atoms with Gasteiger partial charge in [0, 0.05) is 32.5 Å². The van der Waals surface area contributed by atoms with Gasteiger partial charge >= 0.3 is 0 Å². The van der Waals surface area contributed by atoms with Gasteiger partial charge < -0.3 is 19.5 Å². The maximum Gasteiger partial charge on any atom is 0.171 e. The van der Waals surface area contributed by atoms with Crippen LogP contribution in [-0.2, 0) is 9.47 Å². The van der Waals surface area contributed by atoms with Gasteiger partial charge in [-0.05, 0) is 12.5 Å². The second-order valence-electron chi connectivity index (χ2n) is 5.88. The Hall–Kier alpha value is -0.940. The zero-order valence-electron chi connectivity index (χ0n) is 12.0. The lowest BCUT2D eigenvalue weighted by Gasteiger charge is -2.38. The van der Waals surface area contributed by atoms with Gasteiger partial charge in [-0.3, -0.25) is 0 Å². The van der Waals surface area contributed by atoms with Gasteiger partial charge in [0.25, 0.3) is 0 Å². The number of nitrogens with zero attached hydrogens (tertiary/aromatic N) is 1. The molecule has 0 aromatic heterocycles. The summed E-state index contributed by atoms with van der Waals surface area (Å²) in [6.07, 6.45) is 1.56. The highest BCUT2D eigenvalue weighted by atomic mass is 16.7. The number of aliphatic hydroxyl groups excluding tert-OH is 1. The summed E-state index contributed by atoms with van der Waals surface area (Å²) in [6, 6.07) is 9.84. The van der Waals surface area contributed by atoms with Crippen LogP contribution in [0, 0.1) is 0 Å². The Bertz CT molecular complexity index is 429. The molecule has 4 heteroatoms. The number of ether oxygens (including phenoxy) is 2. The fourth-order valence-electron chi connectivity index (χ4n) is 3.07. The van der Waals surface area contributed by atoms with Crippen molar-refractivity contribution in [2.45, 2.75) is 37.8 Å². The van der Waals surface area contributed by atoms with Gasteiger partial charge in [-0.25, -0.2) is 0 Å². The fraction of sp³-hybridized carbons (Fsp3) is 0.625. The summed E-state index contributed by atoms with van der Waals surface area (Å²) in [4.78, 5) is 2.29. The van der Waals surface area contributed by atoms with Crippen molar-refractivity contribution >= 4 is 0 Å². The summed E-state index contributed by atoms with van der Waals surface area (Å²) >= 11 is 0. The number of β-amino-alcohol motifs (C(OH)–C–C–N with tert-alkyl or cyclic N) is 1. The van der Waals surface area contributed by atoms with Crippen molar-refractivity contribution < 1.29 is 14.6 Å². The minimum absolute atomic E-state index is 0.205. The third kappa shape index (κ3) is 3.04. The van der Waals surface area contributed by atoms with Gasteiger partial charge in [-0.1, -0.05) is 30.3 Å². The molecule has 0 bridgehead atoms. The van der Waals surface area contributed by atoms with Crippen LogP contribution in [0.5, 0.6) is 0 Å². The first-order chi connectivity index (χ1) is 9.67. The van der Waals surface area contributed by atoms with Crippen LogP contribution in [0.2, 0.25) is 0 Å². The van der Waals surface area contributed by atoms with Crippen molar-refractivity contribution in [3.8, 4) is 0 Å². The van der Waals surface area contributed by atoms with Crippen LogP contribution in [-0.4, -0.2) is 48.1 Å². The summed E-state index contributed by atoms with van der Waals surface area (Å²) in [5.74, 6) is -0.354. The summed E-state index contributed by atoms with van der Waals surface area (Å²) in [7, 11) is 0. The van der Waals surface area contributed by atoms with Crippen molar-refractivity contribution in [2.75, 3.05) is 26.2 Å². The molecule has 2 heterocycles. The van der Waals surface area contributed by atoms with Gasteiger partial charge in [0.15, 0.2) is 5.79 Å². The third-order valence-corrected chi connectivity index (χ3v) is 4.23. The van der Waals surface area contributed by atoms with Crippen LogP contribution in [0.3, 0.4) is 0 Å². The highest BCUT2D eigenvalue weighted by Gasteiger charge is 2.42. The van der Waals surface area contributed by atoms with Crippen LogP contribution in [0.1, 0.15) is 31.4 Å². The Kier molecular flexibility index (Phi) is 4.08. The van der Waals surface area contributed by atoms with Crippen molar-refractivity contribution in [2.24, 2.45) is 0 Å². The normalized spacial score (nSPS) is 27.8. The lowest BCUT2D eigenvalue weighted by Crippen LogP contribution is -2.46. The smallest absolute Gasteiger partial charge is 0.171 e. The zero-order chi connectivity index (χ0) is 14.0. The number of likely N-dealkylation sites (tertiary alicyclic amines) is 1. The molecule has 110 valence electrons. The number of aliphatic hydroxyl groups is 1. The fourth-order valence-corrected chi connectivity index (χ4v) is 3.07. The second kappa shape index (κ2) is 5.82. The number of hydrogen-bond donors (Lipinski definition) is 1. The summed E-state index contributed by atoms with van der Waals surface area (Å²) in [6.45, 7) is 5.26.